The van der Waals surface area contributed by atoms with Crippen molar-refractivity contribution < 1.29 is 0 Å². The predicted octanol–water partition coefficient (Wildman–Crippen LogP) is 2.16. The summed E-state index contributed by atoms with van der Waals surface area (Å²) >= 11 is 0. The second-order valence-electron chi connectivity index (χ2n) is 5.94. The quantitative estimate of drug-likeness (QED) is 0.874. The van der Waals surface area contributed by atoms with Crippen LogP contribution in [0, 0.1) is 5.92 Å². The number of nitrogens with one attached hydrogen (secondary N) is 1. The first-order chi connectivity index (χ1) is 9.81. The number of imidazole rings is 1. The molecule has 0 aromatic carbocycles. The molecule has 3 heterocycles. The van der Waals surface area contributed by atoms with Gasteiger partial charge in [0.05, 0.1) is 5.69 Å². The third-order valence-electron chi connectivity index (χ3n) is 3.98. The molecule has 0 aliphatic carbocycles. The lowest BCUT2D eigenvalue weighted by atomic mass is 10.1. The number of hydrogen-bond donors (Lipinski definition) is 1. The maximum absolute atomic E-state index is 4.60. The van der Waals surface area contributed by atoms with E-state index in [2.05, 4.69) is 32.7 Å². The maximum Gasteiger partial charge on any atom is 0.137 e. The molecule has 1 fully saturated rings. The second-order valence-corrected chi connectivity index (χ2v) is 5.94. The zero-order valence-corrected chi connectivity index (χ0v) is 12.3. The highest BCUT2D eigenvalue weighted by atomic mass is 15.1. The molecular weight excluding hydrogens is 248 g/mol. The molecular formula is C16H24N4. The van der Waals surface area contributed by atoms with Crippen molar-refractivity contribution in [1.29, 1.82) is 0 Å². The Bertz CT molecular complexity index is 509. The van der Waals surface area contributed by atoms with E-state index in [1.807, 2.05) is 24.4 Å². The zero-order valence-electron chi connectivity index (χ0n) is 12.3. The Kier molecular flexibility index (Phi) is 4.33. The first-order valence-corrected chi connectivity index (χ1v) is 7.67. The van der Waals surface area contributed by atoms with Crippen LogP contribution in [0.25, 0.3) is 5.65 Å². The highest BCUT2D eigenvalue weighted by Gasteiger charge is 2.14. The largest absolute Gasteiger partial charge is 0.311 e. The molecule has 1 N–H and O–H groups in total. The Hall–Kier alpha value is -1.39. The number of rotatable bonds is 6. The molecule has 1 saturated heterocycles. The average Bonchev–Trinajstić information content (AvgIpc) is 3.07. The van der Waals surface area contributed by atoms with Crippen molar-refractivity contribution in [2.45, 2.75) is 26.3 Å². The Morgan fingerprint density at radius 3 is 2.95 bits per heavy atom. The summed E-state index contributed by atoms with van der Waals surface area (Å²) in [6, 6.07) is 6.10. The van der Waals surface area contributed by atoms with Gasteiger partial charge in [-0.25, -0.2) is 4.98 Å². The molecule has 1 unspecified atom stereocenters. The van der Waals surface area contributed by atoms with E-state index >= 15 is 0 Å². The number of aromatic nitrogens is 2. The van der Waals surface area contributed by atoms with Crippen LogP contribution >= 0.6 is 0 Å². The predicted molar refractivity (Wildman–Crippen MR) is 81.7 cm³/mol. The third kappa shape index (κ3) is 3.38. The molecule has 1 aliphatic rings. The number of likely N-dealkylation sites (tertiary alicyclic amines) is 1. The van der Waals surface area contributed by atoms with E-state index in [0.717, 1.165) is 24.4 Å². The Morgan fingerprint density at radius 1 is 1.30 bits per heavy atom. The topological polar surface area (TPSA) is 32.6 Å². The molecule has 2 aromatic rings. The summed E-state index contributed by atoms with van der Waals surface area (Å²) in [5.41, 5.74) is 2.14. The lowest BCUT2D eigenvalue weighted by Gasteiger charge is -2.20. The molecule has 4 nitrogen and oxygen atoms in total. The van der Waals surface area contributed by atoms with Crippen molar-refractivity contribution in [3.63, 3.8) is 0 Å². The molecule has 0 bridgehead atoms. The van der Waals surface area contributed by atoms with Crippen molar-refractivity contribution in [1.82, 2.24) is 19.6 Å². The van der Waals surface area contributed by atoms with Gasteiger partial charge in [0, 0.05) is 25.5 Å². The minimum absolute atomic E-state index is 0.699. The Morgan fingerprint density at radius 2 is 2.15 bits per heavy atom. The van der Waals surface area contributed by atoms with Crippen molar-refractivity contribution in [3.8, 4) is 0 Å². The molecule has 4 heteroatoms. The van der Waals surface area contributed by atoms with Crippen LogP contribution in [0.15, 0.2) is 30.6 Å². The molecule has 1 aliphatic heterocycles. The molecule has 0 amide bonds. The number of hydrogen-bond acceptors (Lipinski definition) is 3. The van der Waals surface area contributed by atoms with E-state index in [1.54, 1.807) is 0 Å². The van der Waals surface area contributed by atoms with Gasteiger partial charge in [-0.15, -0.1) is 0 Å². The third-order valence-corrected chi connectivity index (χ3v) is 3.98. The lowest BCUT2D eigenvalue weighted by molar-refractivity contribution is 0.282. The van der Waals surface area contributed by atoms with Gasteiger partial charge in [-0.3, -0.25) is 0 Å². The number of nitrogens with zero attached hydrogens (tertiary/aromatic N) is 3. The lowest BCUT2D eigenvalue weighted by Crippen LogP contribution is -2.31. The van der Waals surface area contributed by atoms with Crippen molar-refractivity contribution in [3.05, 3.63) is 36.3 Å². The van der Waals surface area contributed by atoms with Crippen LogP contribution < -0.4 is 5.32 Å². The van der Waals surface area contributed by atoms with Crippen LogP contribution in [0.2, 0.25) is 0 Å². The van der Waals surface area contributed by atoms with Crippen LogP contribution in [0.4, 0.5) is 0 Å². The Balaban J connectivity index is 1.44. The van der Waals surface area contributed by atoms with Gasteiger partial charge < -0.3 is 14.6 Å². The molecule has 20 heavy (non-hydrogen) atoms. The molecule has 0 radical (unpaired) electrons. The Labute approximate surface area is 120 Å². The van der Waals surface area contributed by atoms with Crippen LogP contribution in [0.5, 0.6) is 0 Å². The summed E-state index contributed by atoms with van der Waals surface area (Å²) in [5, 5.41) is 3.53. The standard InChI is InChI=1S/C16H24N4/c1-14(12-19-7-4-5-8-19)10-17-11-15-13-20-9-3-2-6-16(20)18-15/h2-3,6,9,13-14,17H,4-5,7-8,10-12H2,1H3. The highest BCUT2D eigenvalue weighted by Crippen LogP contribution is 2.10. The average molecular weight is 272 g/mol. The fourth-order valence-corrected chi connectivity index (χ4v) is 2.99. The summed E-state index contributed by atoms with van der Waals surface area (Å²) in [4.78, 5) is 7.18. The molecule has 2 aromatic heterocycles. The van der Waals surface area contributed by atoms with E-state index in [1.165, 1.54) is 32.5 Å². The van der Waals surface area contributed by atoms with Crippen LogP contribution in [-0.4, -0.2) is 40.5 Å². The minimum atomic E-state index is 0.699. The molecule has 0 saturated carbocycles. The van der Waals surface area contributed by atoms with E-state index in [9.17, 15) is 0 Å². The first-order valence-electron chi connectivity index (χ1n) is 7.67. The van der Waals surface area contributed by atoms with E-state index in [4.69, 9.17) is 0 Å². The van der Waals surface area contributed by atoms with Crippen LogP contribution in [0.3, 0.4) is 0 Å². The van der Waals surface area contributed by atoms with Gasteiger partial charge in [0.25, 0.3) is 0 Å². The van der Waals surface area contributed by atoms with E-state index < -0.39 is 0 Å². The van der Waals surface area contributed by atoms with Crippen LogP contribution in [-0.2, 0) is 6.54 Å². The smallest absolute Gasteiger partial charge is 0.137 e. The summed E-state index contributed by atoms with van der Waals surface area (Å²) in [5.74, 6) is 0.699. The van der Waals surface area contributed by atoms with Crippen LogP contribution in [0.1, 0.15) is 25.5 Å². The summed E-state index contributed by atoms with van der Waals surface area (Å²) < 4.78 is 2.07. The van der Waals surface area contributed by atoms with Gasteiger partial charge >= 0.3 is 0 Å². The van der Waals surface area contributed by atoms with Gasteiger partial charge in [0.15, 0.2) is 0 Å². The number of pyridine rings is 1. The van der Waals surface area contributed by atoms with Crippen molar-refractivity contribution in [2.24, 2.45) is 5.92 Å². The van der Waals surface area contributed by atoms with Gasteiger partial charge in [-0.1, -0.05) is 13.0 Å². The van der Waals surface area contributed by atoms with Gasteiger partial charge in [0.1, 0.15) is 5.65 Å². The van der Waals surface area contributed by atoms with Crippen molar-refractivity contribution >= 4 is 5.65 Å². The zero-order chi connectivity index (χ0) is 13.8. The maximum atomic E-state index is 4.60. The number of fused-ring (bicyclic) bond motifs is 1. The van der Waals surface area contributed by atoms with Gasteiger partial charge in [-0.2, -0.15) is 0 Å². The SMILES string of the molecule is CC(CNCc1cn2ccccc2n1)CN1CCCC1. The van der Waals surface area contributed by atoms with Gasteiger partial charge in [-0.05, 0) is 50.5 Å². The molecule has 1 atom stereocenters. The minimum Gasteiger partial charge on any atom is -0.311 e. The fraction of sp³-hybridized carbons (Fsp3) is 0.562. The molecule has 108 valence electrons. The second kappa shape index (κ2) is 6.37. The van der Waals surface area contributed by atoms with E-state index in [0.29, 0.717) is 5.92 Å². The normalized spacial score (nSPS) is 17.9. The summed E-state index contributed by atoms with van der Waals surface area (Å²) in [6.07, 6.45) is 6.90. The van der Waals surface area contributed by atoms with E-state index in [-0.39, 0.29) is 0 Å². The fourth-order valence-electron chi connectivity index (χ4n) is 2.99. The summed E-state index contributed by atoms with van der Waals surface area (Å²) in [6.45, 7) is 8.04. The summed E-state index contributed by atoms with van der Waals surface area (Å²) in [7, 11) is 0. The highest BCUT2D eigenvalue weighted by molar-refractivity contribution is 5.39. The molecule has 3 rings (SSSR count). The van der Waals surface area contributed by atoms with Crippen molar-refractivity contribution in [2.75, 3.05) is 26.2 Å². The van der Waals surface area contributed by atoms with Gasteiger partial charge in [0.2, 0.25) is 0 Å². The monoisotopic (exact) mass is 272 g/mol. The molecule has 0 spiro atoms. The first kappa shape index (κ1) is 13.6.